The molecule has 0 aromatic rings. The van der Waals surface area contributed by atoms with Crippen molar-refractivity contribution in [3.63, 3.8) is 0 Å². The van der Waals surface area contributed by atoms with Gasteiger partial charge in [-0.3, -0.25) is 0 Å². The first-order valence-electron chi connectivity index (χ1n) is 2.23. The summed E-state index contributed by atoms with van der Waals surface area (Å²) in [5, 5.41) is 0. The molecular weight excluding hydrogens is 270 g/mol. The average Bonchev–Trinajstić information content (AvgIpc) is 1.82. The van der Waals surface area contributed by atoms with Crippen molar-refractivity contribution in [3.05, 3.63) is 12.0 Å². The third kappa shape index (κ3) is 5.30. The standard InChI is InChI=1S/C4H8IO2PS/c1-3-4(6-2)7-9(5)8/h3,9H,1-2H3. The number of halogens is 1. The summed E-state index contributed by atoms with van der Waals surface area (Å²) in [7, 11) is 4.94. The second-order valence-corrected chi connectivity index (χ2v) is 7.77. The van der Waals surface area contributed by atoms with Crippen molar-refractivity contribution in [2.45, 2.75) is 6.92 Å². The summed E-state index contributed by atoms with van der Waals surface area (Å²) in [6, 6.07) is 0. The molecule has 0 aliphatic rings. The van der Waals surface area contributed by atoms with E-state index in [0.717, 1.165) is 0 Å². The van der Waals surface area contributed by atoms with Crippen LogP contribution in [0.2, 0.25) is 0 Å². The molecule has 0 saturated carbocycles. The zero-order valence-electron chi connectivity index (χ0n) is 5.17. The molecule has 0 aliphatic heterocycles. The number of hydrogen-bond acceptors (Lipinski definition) is 2. The molecular formula is C4H8IO2PS. The molecule has 0 saturated heterocycles. The number of allylic oxidation sites excluding steroid dienone is 1. The molecule has 1 atom stereocenters. The molecule has 5 heteroatoms. The van der Waals surface area contributed by atoms with Crippen molar-refractivity contribution in [1.82, 2.24) is 0 Å². The normalized spacial score (nSPS) is 14.7. The summed E-state index contributed by atoms with van der Waals surface area (Å²) >= 11 is 2.09. The van der Waals surface area contributed by atoms with Gasteiger partial charge in [-0.15, -0.1) is 0 Å². The van der Waals surface area contributed by atoms with E-state index in [4.69, 9.17) is 8.92 Å². The predicted molar refractivity (Wildman–Crippen MR) is 51.8 cm³/mol. The number of hydrogen-bond donors (Lipinski definition) is 1. The van der Waals surface area contributed by atoms with E-state index in [2.05, 4.69) is 29.0 Å². The van der Waals surface area contributed by atoms with Crippen molar-refractivity contribution >= 4 is 36.3 Å². The van der Waals surface area contributed by atoms with Gasteiger partial charge < -0.3 is 0 Å². The van der Waals surface area contributed by atoms with Crippen molar-refractivity contribution in [3.8, 4) is 0 Å². The second kappa shape index (κ2) is 5.62. The van der Waals surface area contributed by atoms with Crippen LogP contribution in [0.5, 0.6) is 0 Å². The maximum absolute atomic E-state index is 5.10. The molecule has 2 nitrogen and oxygen atoms in total. The summed E-state index contributed by atoms with van der Waals surface area (Å²) < 4.78 is 9.91. The molecule has 0 spiro atoms. The molecule has 0 N–H and O–H groups in total. The van der Waals surface area contributed by atoms with E-state index in [1.807, 2.05) is 6.92 Å². The Morgan fingerprint density at radius 2 is 2.33 bits per heavy atom. The molecule has 0 rings (SSSR count). The zero-order valence-corrected chi connectivity index (χ0v) is 9.11. The van der Waals surface area contributed by atoms with Gasteiger partial charge in [0.1, 0.15) is 0 Å². The van der Waals surface area contributed by atoms with Crippen LogP contribution >= 0.6 is 36.3 Å². The van der Waals surface area contributed by atoms with Crippen LogP contribution in [0.3, 0.4) is 0 Å². The van der Waals surface area contributed by atoms with E-state index in [1.165, 1.54) is 0 Å². The quantitative estimate of drug-likeness (QED) is 0.362. The topological polar surface area (TPSA) is 18.5 Å². The van der Waals surface area contributed by atoms with Gasteiger partial charge in [0.25, 0.3) is 0 Å². The molecule has 0 aliphatic carbocycles. The first-order chi connectivity index (χ1) is 4.20. The minimum absolute atomic E-state index is 0.533. The second-order valence-electron chi connectivity index (χ2n) is 1.13. The zero-order chi connectivity index (χ0) is 7.28. The first-order valence-corrected chi connectivity index (χ1v) is 7.43. The summed E-state index contributed by atoms with van der Waals surface area (Å²) in [6.07, 6.45) is 1.75. The van der Waals surface area contributed by atoms with Gasteiger partial charge in [-0.25, -0.2) is 0 Å². The molecule has 9 heavy (non-hydrogen) atoms. The van der Waals surface area contributed by atoms with E-state index in [0.29, 0.717) is 5.95 Å². The minimum atomic E-state index is -0.680. The number of methoxy groups -OCH3 is 1. The van der Waals surface area contributed by atoms with E-state index in [1.54, 1.807) is 13.2 Å². The van der Waals surface area contributed by atoms with E-state index >= 15 is 0 Å². The Bertz CT molecular complexity index is 171. The summed E-state index contributed by atoms with van der Waals surface area (Å²) in [5.41, 5.74) is 0. The van der Waals surface area contributed by atoms with Crippen molar-refractivity contribution < 1.29 is 8.92 Å². The molecule has 0 bridgehead atoms. The maximum atomic E-state index is 5.10. The monoisotopic (exact) mass is 278 g/mol. The molecule has 0 heterocycles. The van der Waals surface area contributed by atoms with Crippen LogP contribution in [0, 0.1) is 0 Å². The van der Waals surface area contributed by atoms with E-state index < -0.39 is 7.32 Å². The van der Waals surface area contributed by atoms with Gasteiger partial charge in [0.2, 0.25) is 0 Å². The van der Waals surface area contributed by atoms with Crippen molar-refractivity contribution in [2.75, 3.05) is 7.11 Å². The molecule has 1 unspecified atom stereocenters. The van der Waals surface area contributed by atoms with Gasteiger partial charge in [0.05, 0.1) is 0 Å². The predicted octanol–water partition coefficient (Wildman–Crippen LogP) is 3.10. The SMILES string of the molecule is CC=C(OC)O[SH](#P)I. The fraction of sp³-hybridized carbons (Fsp3) is 0.500. The van der Waals surface area contributed by atoms with Crippen LogP contribution in [-0.2, 0) is 8.92 Å². The fourth-order valence-corrected chi connectivity index (χ4v) is 1.43. The molecule has 0 fully saturated rings. The Labute approximate surface area is 71.2 Å². The number of ether oxygens (including phenoxy) is 1. The van der Waals surface area contributed by atoms with Gasteiger partial charge in [-0.2, -0.15) is 0 Å². The van der Waals surface area contributed by atoms with Crippen LogP contribution < -0.4 is 0 Å². The van der Waals surface area contributed by atoms with Gasteiger partial charge in [0, 0.05) is 0 Å². The van der Waals surface area contributed by atoms with Gasteiger partial charge in [0.15, 0.2) is 0 Å². The van der Waals surface area contributed by atoms with Gasteiger partial charge >= 0.3 is 71.3 Å². The molecule has 0 aromatic carbocycles. The average molecular weight is 278 g/mol. The van der Waals surface area contributed by atoms with Crippen LogP contribution in [0.25, 0.3) is 0 Å². The fourth-order valence-electron chi connectivity index (χ4n) is 0.282. The third-order valence-electron chi connectivity index (χ3n) is 0.602. The molecule has 0 radical (unpaired) electrons. The van der Waals surface area contributed by atoms with Crippen LogP contribution in [0.15, 0.2) is 12.0 Å². The van der Waals surface area contributed by atoms with Crippen LogP contribution in [0.1, 0.15) is 6.92 Å². The number of thiol groups is 1. The Kier molecular flexibility index (Phi) is 6.15. The Hall–Kier alpha value is 0.850. The molecule has 0 amide bonds. The Morgan fingerprint density at radius 3 is 2.44 bits per heavy atom. The summed E-state index contributed by atoms with van der Waals surface area (Å²) in [5.74, 6) is 0.533. The van der Waals surface area contributed by atoms with Gasteiger partial charge in [-0.05, 0) is 0 Å². The molecule has 54 valence electrons. The van der Waals surface area contributed by atoms with Crippen LogP contribution in [0.4, 0.5) is 0 Å². The van der Waals surface area contributed by atoms with Gasteiger partial charge in [-0.1, -0.05) is 0 Å². The summed E-state index contributed by atoms with van der Waals surface area (Å²) in [4.78, 5) is 0. The molecule has 0 aromatic heterocycles. The van der Waals surface area contributed by atoms with Crippen molar-refractivity contribution in [2.24, 2.45) is 0 Å². The van der Waals surface area contributed by atoms with Crippen molar-refractivity contribution in [1.29, 1.82) is 0 Å². The van der Waals surface area contributed by atoms with E-state index in [-0.39, 0.29) is 0 Å². The van der Waals surface area contributed by atoms with Crippen LogP contribution in [-0.4, -0.2) is 7.11 Å². The Morgan fingerprint density at radius 1 is 1.78 bits per heavy atom. The third-order valence-corrected chi connectivity index (χ3v) is 1.77. The summed E-state index contributed by atoms with van der Waals surface area (Å²) in [6.45, 7) is 1.85. The van der Waals surface area contributed by atoms with E-state index in [9.17, 15) is 0 Å². The number of rotatable bonds is 2. The first kappa shape index (κ1) is 9.85. The Balaban J connectivity index is 3.76.